The summed E-state index contributed by atoms with van der Waals surface area (Å²) in [6.45, 7) is 3.37. The minimum atomic E-state index is -0.838. The number of hydrogen-bond acceptors (Lipinski definition) is 5. The summed E-state index contributed by atoms with van der Waals surface area (Å²) in [5.74, 6) is -1.53. The number of hydrogen-bond donors (Lipinski definition) is 2. The number of carbonyl (C=O) groups is 2. The van der Waals surface area contributed by atoms with Gasteiger partial charge in [0.05, 0.1) is 5.56 Å². The molecule has 0 aliphatic rings. The number of esters is 2. The minimum absolute atomic E-state index is 0.193. The van der Waals surface area contributed by atoms with Crippen molar-refractivity contribution < 1.29 is 14.3 Å². The standard InChI is InChI=1S/C12H16N2O3/c1-3-8-5-4-6-9(10(8)14)12(16)17-11(15)7(2)13/h4-7H,3,13-14H2,1-2H3/t7-/m0/s1. The van der Waals surface area contributed by atoms with E-state index < -0.39 is 18.0 Å². The smallest absolute Gasteiger partial charge is 0.347 e. The number of anilines is 1. The first-order valence-electron chi connectivity index (χ1n) is 5.36. The van der Waals surface area contributed by atoms with Crippen LogP contribution in [0.15, 0.2) is 18.2 Å². The molecule has 5 heteroatoms. The molecule has 0 heterocycles. The molecular weight excluding hydrogens is 220 g/mol. The fourth-order valence-electron chi connectivity index (χ4n) is 1.34. The van der Waals surface area contributed by atoms with Crippen LogP contribution < -0.4 is 11.5 Å². The summed E-state index contributed by atoms with van der Waals surface area (Å²) in [6.07, 6.45) is 0.703. The van der Waals surface area contributed by atoms with Gasteiger partial charge < -0.3 is 16.2 Å². The molecule has 1 aromatic carbocycles. The van der Waals surface area contributed by atoms with Gasteiger partial charge in [0.2, 0.25) is 0 Å². The van der Waals surface area contributed by atoms with Gasteiger partial charge in [-0.1, -0.05) is 19.1 Å². The van der Waals surface area contributed by atoms with E-state index in [-0.39, 0.29) is 5.56 Å². The molecule has 4 N–H and O–H groups in total. The molecule has 5 nitrogen and oxygen atoms in total. The van der Waals surface area contributed by atoms with Gasteiger partial charge in [-0.25, -0.2) is 9.59 Å². The summed E-state index contributed by atoms with van der Waals surface area (Å²) >= 11 is 0. The number of nitrogens with two attached hydrogens (primary N) is 2. The highest BCUT2D eigenvalue weighted by molar-refractivity contribution is 6.01. The van der Waals surface area contributed by atoms with Crippen LogP contribution in [0.25, 0.3) is 0 Å². The molecule has 0 fully saturated rings. The molecule has 1 aromatic rings. The van der Waals surface area contributed by atoms with E-state index in [4.69, 9.17) is 11.5 Å². The Morgan fingerprint density at radius 3 is 2.59 bits per heavy atom. The summed E-state index contributed by atoms with van der Waals surface area (Å²) in [4.78, 5) is 22.9. The van der Waals surface area contributed by atoms with Crippen LogP contribution in [0.2, 0.25) is 0 Å². The number of para-hydroxylation sites is 1. The normalized spacial score (nSPS) is 11.9. The van der Waals surface area contributed by atoms with Crippen molar-refractivity contribution in [2.45, 2.75) is 26.3 Å². The Hall–Kier alpha value is -1.88. The molecular formula is C12H16N2O3. The van der Waals surface area contributed by atoms with Crippen LogP contribution in [0, 0.1) is 0 Å². The minimum Gasteiger partial charge on any atom is -0.398 e. The predicted octanol–water partition coefficient (Wildman–Crippen LogP) is 0.862. The van der Waals surface area contributed by atoms with Gasteiger partial charge >= 0.3 is 11.9 Å². The average molecular weight is 236 g/mol. The lowest BCUT2D eigenvalue weighted by molar-refractivity contribution is -0.139. The Bertz CT molecular complexity index is 441. The maximum absolute atomic E-state index is 11.7. The average Bonchev–Trinajstić information content (AvgIpc) is 2.28. The van der Waals surface area contributed by atoms with Crippen LogP contribution >= 0.6 is 0 Å². The number of aryl methyl sites for hydroxylation is 1. The highest BCUT2D eigenvalue weighted by Gasteiger charge is 2.19. The summed E-state index contributed by atoms with van der Waals surface area (Å²) in [6, 6.07) is 4.20. The molecule has 0 radical (unpaired) electrons. The van der Waals surface area contributed by atoms with E-state index in [1.165, 1.54) is 13.0 Å². The molecule has 0 aliphatic heterocycles. The van der Waals surface area contributed by atoms with Crippen LogP contribution in [0.5, 0.6) is 0 Å². The number of nitrogen functional groups attached to an aromatic ring is 1. The third kappa shape index (κ3) is 3.04. The first kappa shape index (κ1) is 13.2. The lowest BCUT2D eigenvalue weighted by Gasteiger charge is -2.09. The number of rotatable bonds is 3. The first-order chi connectivity index (χ1) is 7.97. The molecule has 0 spiro atoms. The maximum Gasteiger partial charge on any atom is 0.347 e. The SMILES string of the molecule is CCc1cccc(C(=O)OC(=O)[C@H](C)N)c1N. The zero-order valence-electron chi connectivity index (χ0n) is 9.90. The topological polar surface area (TPSA) is 95.4 Å². The van der Waals surface area contributed by atoms with Crippen molar-refractivity contribution >= 4 is 17.6 Å². The Kier molecular flexibility index (Phi) is 4.23. The predicted molar refractivity (Wildman–Crippen MR) is 64.3 cm³/mol. The zero-order chi connectivity index (χ0) is 13.0. The molecule has 0 saturated carbocycles. The molecule has 1 atom stereocenters. The fourth-order valence-corrected chi connectivity index (χ4v) is 1.34. The molecule has 1 rings (SSSR count). The van der Waals surface area contributed by atoms with Crippen LogP contribution in [-0.4, -0.2) is 18.0 Å². The lowest BCUT2D eigenvalue weighted by atomic mass is 10.1. The van der Waals surface area contributed by atoms with E-state index >= 15 is 0 Å². The van der Waals surface area contributed by atoms with Crippen molar-refractivity contribution in [2.24, 2.45) is 5.73 Å². The molecule has 0 unspecified atom stereocenters. The van der Waals surface area contributed by atoms with Gasteiger partial charge in [-0.15, -0.1) is 0 Å². The van der Waals surface area contributed by atoms with Crippen molar-refractivity contribution in [3.05, 3.63) is 29.3 Å². The van der Waals surface area contributed by atoms with Crippen LogP contribution in [0.4, 0.5) is 5.69 Å². The quantitative estimate of drug-likeness (QED) is 0.461. The van der Waals surface area contributed by atoms with Crippen molar-refractivity contribution in [1.82, 2.24) is 0 Å². The third-order valence-electron chi connectivity index (χ3n) is 2.36. The Morgan fingerprint density at radius 1 is 1.41 bits per heavy atom. The summed E-state index contributed by atoms with van der Waals surface area (Å²) < 4.78 is 4.60. The molecule has 0 aliphatic carbocycles. The van der Waals surface area contributed by atoms with E-state index in [2.05, 4.69) is 4.74 Å². The molecule has 0 amide bonds. The lowest BCUT2D eigenvalue weighted by Crippen LogP contribution is -2.30. The summed E-state index contributed by atoms with van der Waals surface area (Å²) in [5.41, 5.74) is 12.5. The van der Waals surface area contributed by atoms with Crippen molar-refractivity contribution in [1.29, 1.82) is 0 Å². The van der Waals surface area contributed by atoms with Gasteiger partial charge in [0.15, 0.2) is 0 Å². The molecule has 0 bridgehead atoms. The monoisotopic (exact) mass is 236 g/mol. The third-order valence-corrected chi connectivity index (χ3v) is 2.36. The Balaban J connectivity index is 2.93. The van der Waals surface area contributed by atoms with Gasteiger partial charge in [-0.3, -0.25) is 0 Å². The fraction of sp³-hybridized carbons (Fsp3) is 0.333. The molecule has 17 heavy (non-hydrogen) atoms. The molecule has 0 saturated heterocycles. The molecule has 92 valence electrons. The number of benzene rings is 1. The van der Waals surface area contributed by atoms with Gasteiger partial charge in [-0.2, -0.15) is 0 Å². The van der Waals surface area contributed by atoms with E-state index in [1.807, 2.05) is 13.0 Å². The van der Waals surface area contributed by atoms with Crippen LogP contribution in [-0.2, 0) is 16.0 Å². The summed E-state index contributed by atoms with van der Waals surface area (Å²) in [5, 5.41) is 0. The number of carbonyl (C=O) groups excluding carboxylic acids is 2. The second kappa shape index (κ2) is 5.45. The van der Waals surface area contributed by atoms with Crippen molar-refractivity contribution in [2.75, 3.05) is 5.73 Å². The first-order valence-corrected chi connectivity index (χ1v) is 5.36. The van der Waals surface area contributed by atoms with Crippen molar-refractivity contribution in [3.8, 4) is 0 Å². The van der Waals surface area contributed by atoms with E-state index in [0.29, 0.717) is 12.1 Å². The highest BCUT2D eigenvalue weighted by Crippen LogP contribution is 2.19. The van der Waals surface area contributed by atoms with E-state index in [1.54, 1.807) is 6.07 Å². The van der Waals surface area contributed by atoms with Gasteiger partial charge in [0, 0.05) is 5.69 Å². The van der Waals surface area contributed by atoms with Crippen LogP contribution in [0.3, 0.4) is 0 Å². The second-order valence-electron chi connectivity index (χ2n) is 3.73. The summed E-state index contributed by atoms with van der Waals surface area (Å²) in [7, 11) is 0. The van der Waals surface area contributed by atoms with E-state index in [9.17, 15) is 9.59 Å². The van der Waals surface area contributed by atoms with Crippen molar-refractivity contribution in [3.63, 3.8) is 0 Å². The van der Waals surface area contributed by atoms with Crippen LogP contribution in [0.1, 0.15) is 29.8 Å². The highest BCUT2D eigenvalue weighted by atomic mass is 16.6. The maximum atomic E-state index is 11.7. The largest absolute Gasteiger partial charge is 0.398 e. The number of ether oxygens (including phenoxy) is 1. The zero-order valence-corrected chi connectivity index (χ0v) is 9.90. The van der Waals surface area contributed by atoms with Gasteiger partial charge in [-0.05, 0) is 25.0 Å². The molecule has 0 aromatic heterocycles. The Morgan fingerprint density at radius 2 is 2.06 bits per heavy atom. The second-order valence-corrected chi connectivity index (χ2v) is 3.73. The van der Waals surface area contributed by atoms with Gasteiger partial charge in [0.25, 0.3) is 0 Å². The Labute approximate surface area is 99.7 Å². The van der Waals surface area contributed by atoms with E-state index in [0.717, 1.165) is 5.56 Å². The van der Waals surface area contributed by atoms with Gasteiger partial charge in [0.1, 0.15) is 6.04 Å².